The maximum atomic E-state index is 3.15. The first-order chi connectivity index (χ1) is 4.72. The Labute approximate surface area is 64.0 Å². The molecule has 0 saturated carbocycles. The lowest BCUT2D eigenvalue weighted by Crippen LogP contribution is -1.75. The summed E-state index contributed by atoms with van der Waals surface area (Å²) in [5.74, 6) is 0. The van der Waals surface area contributed by atoms with Gasteiger partial charge in [0, 0.05) is 0 Å². The number of hydrogen-bond acceptors (Lipinski definition) is 0. The molecule has 0 aromatic rings. The van der Waals surface area contributed by atoms with E-state index in [-0.39, 0.29) is 0 Å². The Morgan fingerprint density at radius 1 is 1.40 bits per heavy atom. The molecule has 0 bridgehead atoms. The van der Waals surface area contributed by atoms with Gasteiger partial charge in [-0.25, -0.2) is 0 Å². The zero-order valence-electron chi connectivity index (χ0n) is 7.36. The van der Waals surface area contributed by atoms with Crippen LogP contribution in [0.2, 0.25) is 0 Å². The Morgan fingerprint density at radius 3 is 2.40 bits per heavy atom. The minimum absolute atomic E-state index is 1.11. The third kappa shape index (κ3) is 3.32. The highest BCUT2D eigenvalue weighted by molar-refractivity contribution is 5.25. The van der Waals surface area contributed by atoms with E-state index >= 15 is 0 Å². The summed E-state index contributed by atoms with van der Waals surface area (Å²) < 4.78 is 0. The summed E-state index contributed by atoms with van der Waals surface area (Å²) in [7, 11) is 0. The zero-order valence-corrected chi connectivity index (χ0v) is 7.36. The first kappa shape index (κ1) is 9.26. The van der Waals surface area contributed by atoms with Crippen LogP contribution in [0.25, 0.3) is 0 Å². The van der Waals surface area contributed by atoms with Crippen molar-refractivity contribution in [1.29, 1.82) is 0 Å². The maximum absolute atomic E-state index is 3.15. The predicted octanol–water partition coefficient (Wildman–Crippen LogP) is 3.46. The molecule has 56 valence electrons. The highest BCUT2D eigenvalue weighted by Gasteiger charge is 1.87. The van der Waals surface area contributed by atoms with Crippen LogP contribution in [-0.4, -0.2) is 0 Å². The van der Waals surface area contributed by atoms with Crippen LogP contribution in [0.1, 0.15) is 34.1 Å². The molecule has 0 aliphatic rings. The van der Waals surface area contributed by atoms with Crippen molar-refractivity contribution in [3.05, 3.63) is 29.0 Å². The second kappa shape index (κ2) is 5.08. The first-order valence-electron chi connectivity index (χ1n) is 3.77. The molecule has 0 heteroatoms. The van der Waals surface area contributed by atoms with E-state index in [0.717, 1.165) is 6.42 Å². The highest BCUT2D eigenvalue weighted by Crippen LogP contribution is 2.06. The van der Waals surface area contributed by atoms with E-state index in [0.29, 0.717) is 0 Å². The highest BCUT2D eigenvalue weighted by atomic mass is 13.9. The first-order valence-corrected chi connectivity index (χ1v) is 3.77. The normalized spacial score (nSPS) is 10.6. The average Bonchev–Trinajstić information content (AvgIpc) is 1.89. The van der Waals surface area contributed by atoms with Gasteiger partial charge in [-0.2, -0.15) is 0 Å². The molecule has 0 spiro atoms. The lowest BCUT2D eigenvalue weighted by atomic mass is 10.1. The van der Waals surface area contributed by atoms with Crippen molar-refractivity contribution < 1.29 is 0 Å². The summed E-state index contributed by atoms with van der Waals surface area (Å²) in [5.41, 5.74) is 5.73. The van der Waals surface area contributed by atoms with Crippen molar-refractivity contribution >= 4 is 0 Å². The van der Waals surface area contributed by atoms with Crippen molar-refractivity contribution in [2.45, 2.75) is 34.1 Å². The third-order valence-corrected chi connectivity index (χ3v) is 1.46. The maximum Gasteiger partial charge on any atom is -0.00688 e. The van der Waals surface area contributed by atoms with E-state index in [1.54, 1.807) is 0 Å². The number of hydrogen-bond donors (Lipinski definition) is 0. The Balaban J connectivity index is 4.36. The lowest BCUT2D eigenvalue weighted by molar-refractivity contribution is 1.18. The van der Waals surface area contributed by atoms with Crippen LogP contribution < -0.4 is 0 Å². The summed E-state index contributed by atoms with van der Waals surface area (Å²) in [4.78, 5) is 0. The molecule has 10 heavy (non-hydrogen) atoms. The fourth-order valence-corrected chi connectivity index (χ4v) is 0.790. The predicted molar refractivity (Wildman–Crippen MR) is 47.0 cm³/mol. The van der Waals surface area contributed by atoms with Gasteiger partial charge in [0.1, 0.15) is 0 Å². The van der Waals surface area contributed by atoms with Crippen molar-refractivity contribution in [3.63, 3.8) is 0 Å². The quantitative estimate of drug-likeness (QED) is 0.403. The van der Waals surface area contributed by atoms with E-state index in [2.05, 4.69) is 32.6 Å². The molecule has 0 aliphatic carbocycles. The second-order valence-corrected chi connectivity index (χ2v) is 2.35. The van der Waals surface area contributed by atoms with E-state index < -0.39 is 0 Å². The molecular weight excluding hydrogens is 120 g/mol. The van der Waals surface area contributed by atoms with Crippen LogP contribution in [0.15, 0.2) is 29.0 Å². The van der Waals surface area contributed by atoms with Crippen LogP contribution in [0.4, 0.5) is 0 Å². The topological polar surface area (TPSA) is 0 Å². The third-order valence-electron chi connectivity index (χ3n) is 1.46. The minimum atomic E-state index is 1.11. The standard InChI is InChI=1S/C10H16/c1-5-7-9(3)10(4)8-6-2/h5,8H,6H2,1-4H3. The molecule has 0 aromatic heterocycles. The smallest absolute Gasteiger partial charge is 0.00688 e. The molecule has 0 N–H and O–H groups in total. The Bertz CT molecular complexity index is 176. The second-order valence-electron chi connectivity index (χ2n) is 2.35. The Hall–Kier alpha value is -0.740. The van der Waals surface area contributed by atoms with Gasteiger partial charge in [-0.3, -0.25) is 0 Å². The summed E-state index contributed by atoms with van der Waals surface area (Å²) >= 11 is 0. The molecule has 0 atom stereocenters. The van der Waals surface area contributed by atoms with E-state index in [1.165, 1.54) is 11.1 Å². The van der Waals surface area contributed by atoms with Crippen LogP contribution in [0, 0.1) is 0 Å². The van der Waals surface area contributed by atoms with Gasteiger partial charge in [0.25, 0.3) is 0 Å². The van der Waals surface area contributed by atoms with Gasteiger partial charge in [-0.1, -0.05) is 13.0 Å². The fraction of sp³-hybridized carbons (Fsp3) is 0.500. The molecule has 0 aliphatic heterocycles. The molecule has 0 fully saturated rings. The molecule has 0 rings (SSSR count). The lowest BCUT2D eigenvalue weighted by Gasteiger charge is -1.94. The van der Waals surface area contributed by atoms with Crippen molar-refractivity contribution in [1.82, 2.24) is 0 Å². The minimum Gasteiger partial charge on any atom is -0.122 e. The van der Waals surface area contributed by atoms with Crippen molar-refractivity contribution in [3.8, 4) is 0 Å². The van der Waals surface area contributed by atoms with Gasteiger partial charge in [0.15, 0.2) is 0 Å². The van der Waals surface area contributed by atoms with Gasteiger partial charge in [-0.05, 0) is 44.4 Å². The van der Waals surface area contributed by atoms with Gasteiger partial charge in [0.05, 0.1) is 0 Å². The zero-order chi connectivity index (χ0) is 7.98. The summed E-state index contributed by atoms with van der Waals surface area (Å²) in [6, 6.07) is 0. The van der Waals surface area contributed by atoms with Crippen molar-refractivity contribution in [2.24, 2.45) is 0 Å². The number of allylic oxidation sites excluding steroid dienone is 3. The summed E-state index contributed by atoms with van der Waals surface area (Å²) in [6.07, 6.45) is 5.27. The summed E-state index contributed by atoms with van der Waals surface area (Å²) in [6.45, 7) is 8.34. The Morgan fingerprint density at radius 2 is 2.00 bits per heavy atom. The van der Waals surface area contributed by atoms with E-state index in [1.807, 2.05) is 13.0 Å². The molecule has 0 aromatic carbocycles. The van der Waals surface area contributed by atoms with Crippen LogP contribution in [0.5, 0.6) is 0 Å². The van der Waals surface area contributed by atoms with Gasteiger partial charge in [0.2, 0.25) is 0 Å². The van der Waals surface area contributed by atoms with Gasteiger partial charge < -0.3 is 0 Å². The Kier molecular flexibility index (Phi) is 4.70. The molecule has 0 nitrogen and oxygen atoms in total. The number of rotatable bonds is 2. The van der Waals surface area contributed by atoms with Gasteiger partial charge in [-0.15, -0.1) is 5.73 Å². The average molecular weight is 136 g/mol. The molecule has 0 saturated heterocycles. The monoisotopic (exact) mass is 136 g/mol. The van der Waals surface area contributed by atoms with E-state index in [4.69, 9.17) is 0 Å². The molecule has 0 heterocycles. The molecule has 0 radical (unpaired) electrons. The summed E-state index contributed by atoms with van der Waals surface area (Å²) in [5, 5.41) is 0. The SMILES string of the molecule is CC=C=C(C)C(C)=CCC. The fourth-order valence-electron chi connectivity index (χ4n) is 0.790. The van der Waals surface area contributed by atoms with Gasteiger partial charge >= 0.3 is 0 Å². The van der Waals surface area contributed by atoms with Crippen LogP contribution in [0.3, 0.4) is 0 Å². The van der Waals surface area contributed by atoms with Crippen molar-refractivity contribution in [2.75, 3.05) is 0 Å². The molecular formula is C10H16. The van der Waals surface area contributed by atoms with Crippen LogP contribution >= 0.6 is 0 Å². The van der Waals surface area contributed by atoms with E-state index in [9.17, 15) is 0 Å². The largest absolute Gasteiger partial charge is 0.122 e. The molecule has 0 unspecified atom stereocenters. The molecule has 0 amide bonds. The van der Waals surface area contributed by atoms with Crippen LogP contribution in [-0.2, 0) is 0 Å².